The molecule has 0 amide bonds. The van der Waals surface area contributed by atoms with E-state index in [0.717, 1.165) is 25.9 Å². The molecule has 0 aromatic rings. The molecule has 2 aliphatic rings. The van der Waals surface area contributed by atoms with Crippen LogP contribution in [0.2, 0.25) is 0 Å². The van der Waals surface area contributed by atoms with Crippen LogP contribution < -0.4 is 0 Å². The molecular weight excluding hydrogens is 156 g/mol. The van der Waals surface area contributed by atoms with Gasteiger partial charge in [0.1, 0.15) is 0 Å². The molecule has 3 heteroatoms. The first kappa shape index (κ1) is 8.48. The summed E-state index contributed by atoms with van der Waals surface area (Å²) in [6.45, 7) is 3.01. The highest BCUT2D eigenvalue weighted by molar-refractivity contribution is 4.96. The number of ether oxygens (including phenoxy) is 2. The van der Waals surface area contributed by atoms with Crippen molar-refractivity contribution in [1.29, 1.82) is 0 Å². The summed E-state index contributed by atoms with van der Waals surface area (Å²) in [4.78, 5) is 0. The summed E-state index contributed by atoms with van der Waals surface area (Å²) in [5.41, 5.74) is -0.0621. The third-order valence-electron chi connectivity index (χ3n) is 3.13. The Balaban J connectivity index is 2.04. The SMILES string of the molecule is C[C@@H]1OCC[C@]12CC[C@H](CO)O2. The molecule has 12 heavy (non-hydrogen) atoms. The van der Waals surface area contributed by atoms with Gasteiger partial charge in [0, 0.05) is 13.0 Å². The fourth-order valence-electron chi connectivity index (χ4n) is 2.23. The lowest BCUT2D eigenvalue weighted by molar-refractivity contribution is -0.0898. The summed E-state index contributed by atoms with van der Waals surface area (Å²) in [6, 6.07) is 0. The lowest BCUT2D eigenvalue weighted by Gasteiger charge is -2.26. The second-order valence-corrected chi connectivity index (χ2v) is 3.79. The van der Waals surface area contributed by atoms with Crippen molar-refractivity contribution in [2.45, 2.75) is 44.0 Å². The zero-order valence-corrected chi connectivity index (χ0v) is 7.45. The van der Waals surface area contributed by atoms with Crippen LogP contribution in [0.3, 0.4) is 0 Å². The van der Waals surface area contributed by atoms with Crippen molar-refractivity contribution < 1.29 is 14.6 Å². The van der Waals surface area contributed by atoms with Crippen LogP contribution in [0.4, 0.5) is 0 Å². The molecule has 2 fully saturated rings. The average Bonchev–Trinajstić information content (AvgIpc) is 2.63. The maximum absolute atomic E-state index is 8.93. The first-order valence-electron chi connectivity index (χ1n) is 4.67. The first-order chi connectivity index (χ1) is 5.77. The zero-order chi connectivity index (χ0) is 8.60. The van der Waals surface area contributed by atoms with Gasteiger partial charge in [-0.2, -0.15) is 0 Å². The summed E-state index contributed by atoms with van der Waals surface area (Å²) >= 11 is 0. The van der Waals surface area contributed by atoms with Crippen LogP contribution >= 0.6 is 0 Å². The smallest absolute Gasteiger partial charge is 0.0967 e. The third kappa shape index (κ3) is 1.16. The minimum atomic E-state index is -0.0621. The van der Waals surface area contributed by atoms with Crippen molar-refractivity contribution in [3.63, 3.8) is 0 Å². The second-order valence-electron chi connectivity index (χ2n) is 3.79. The van der Waals surface area contributed by atoms with E-state index in [1.165, 1.54) is 0 Å². The van der Waals surface area contributed by atoms with Gasteiger partial charge in [0.2, 0.25) is 0 Å². The van der Waals surface area contributed by atoms with Crippen LogP contribution in [-0.2, 0) is 9.47 Å². The summed E-state index contributed by atoms with van der Waals surface area (Å²) < 4.78 is 11.3. The van der Waals surface area contributed by atoms with E-state index in [2.05, 4.69) is 6.92 Å². The second kappa shape index (κ2) is 2.98. The van der Waals surface area contributed by atoms with Gasteiger partial charge in [-0.25, -0.2) is 0 Å². The molecule has 2 heterocycles. The quantitative estimate of drug-likeness (QED) is 0.633. The van der Waals surface area contributed by atoms with E-state index < -0.39 is 0 Å². The monoisotopic (exact) mass is 172 g/mol. The fraction of sp³-hybridized carbons (Fsp3) is 1.00. The van der Waals surface area contributed by atoms with Crippen LogP contribution in [0.5, 0.6) is 0 Å². The van der Waals surface area contributed by atoms with E-state index in [1.54, 1.807) is 0 Å². The van der Waals surface area contributed by atoms with E-state index in [1.807, 2.05) is 0 Å². The molecule has 1 N–H and O–H groups in total. The van der Waals surface area contributed by atoms with E-state index in [4.69, 9.17) is 14.6 Å². The third-order valence-corrected chi connectivity index (χ3v) is 3.13. The topological polar surface area (TPSA) is 38.7 Å². The molecule has 0 bridgehead atoms. The molecule has 2 saturated heterocycles. The largest absolute Gasteiger partial charge is 0.394 e. The van der Waals surface area contributed by atoms with E-state index in [0.29, 0.717) is 0 Å². The Kier molecular flexibility index (Phi) is 2.10. The van der Waals surface area contributed by atoms with Gasteiger partial charge in [-0.05, 0) is 19.8 Å². The number of hydrogen-bond acceptors (Lipinski definition) is 3. The average molecular weight is 172 g/mol. The highest BCUT2D eigenvalue weighted by Gasteiger charge is 2.47. The standard InChI is InChI=1S/C9H16O3/c1-7-9(4-5-11-7)3-2-8(6-10)12-9/h7-8,10H,2-6H2,1H3/t7-,8+,9+/m0/s1. The minimum absolute atomic E-state index is 0.0501. The molecule has 0 aromatic heterocycles. The van der Waals surface area contributed by atoms with Crippen LogP contribution in [0.15, 0.2) is 0 Å². The maximum atomic E-state index is 8.93. The summed E-state index contributed by atoms with van der Waals surface area (Å²) in [5.74, 6) is 0. The van der Waals surface area contributed by atoms with E-state index >= 15 is 0 Å². The molecule has 2 aliphatic heterocycles. The van der Waals surface area contributed by atoms with Gasteiger partial charge in [-0.15, -0.1) is 0 Å². The van der Waals surface area contributed by atoms with E-state index in [9.17, 15) is 0 Å². The Hall–Kier alpha value is -0.120. The zero-order valence-electron chi connectivity index (χ0n) is 7.45. The highest BCUT2D eigenvalue weighted by atomic mass is 16.6. The molecular formula is C9H16O3. The molecule has 2 rings (SSSR count). The molecule has 1 spiro atoms. The maximum Gasteiger partial charge on any atom is 0.0967 e. The predicted molar refractivity (Wildman–Crippen MR) is 44.0 cm³/mol. The Labute approximate surface area is 72.7 Å². The molecule has 0 saturated carbocycles. The molecule has 3 nitrogen and oxygen atoms in total. The first-order valence-corrected chi connectivity index (χ1v) is 4.67. The van der Waals surface area contributed by atoms with Crippen molar-refractivity contribution in [3.8, 4) is 0 Å². The van der Waals surface area contributed by atoms with Crippen molar-refractivity contribution in [3.05, 3.63) is 0 Å². The summed E-state index contributed by atoms with van der Waals surface area (Å²) in [6.07, 6.45) is 3.26. The van der Waals surface area contributed by atoms with Gasteiger partial charge in [0.05, 0.1) is 24.4 Å². The number of rotatable bonds is 1. The van der Waals surface area contributed by atoms with Crippen molar-refractivity contribution in [1.82, 2.24) is 0 Å². The molecule has 3 atom stereocenters. The van der Waals surface area contributed by atoms with E-state index in [-0.39, 0.29) is 24.4 Å². The number of hydrogen-bond donors (Lipinski definition) is 1. The number of aliphatic hydroxyl groups is 1. The Morgan fingerprint density at radius 1 is 1.50 bits per heavy atom. The Morgan fingerprint density at radius 3 is 2.83 bits per heavy atom. The predicted octanol–water partition coefficient (Wildman–Crippen LogP) is 0.705. The Bertz CT molecular complexity index is 171. The van der Waals surface area contributed by atoms with Crippen LogP contribution in [0, 0.1) is 0 Å². The highest BCUT2D eigenvalue weighted by Crippen LogP contribution is 2.40. The van der Waals surface area contributed by atoms with Gasteiger partial charge in [-0.3, -0.25) is 0 Å². The number of aliphatic hydroxyl groups excluding tert-OH is 1. The van der Waals surface area contributed by atoms with Gasteiger partial charge in [0.15, 0.2) is 0 Å². The van der Waals surface area contributed by atoms with Crippen molar-refractivity contribution >= 4 is 0 Å². The minimum Gasteiger partial charge on any atom is -0.394 e. The van der Waals surface area contributed by atoms with Gasteiger partial charge in [-0.1, -0.05) is 0 Å². The van der Waals surface area contributed by atoms with Gasteiger partial charge < -0.3 is 14.6 Å². The van der Waals surface area contributed by atoms with Crippen LogP contribution in [-0.4, -0.2) is 36.1 Å². The molecule has 0 radical (unpaired) electrons. The van der Waals surface area contributed by atoms with Crippen LogP contribution in [0.25, 0.3) is 0 Å². The molecule has 0 unspecified atom stereocenters. The molecule has 0 aliphatic carbocycles. The normalized spacial score (nSPS) is 47.5. The van der Waals surface area contributed by atoms with Crippen molar-refractivity contribution in [2.24, 2.45) is 0 Å². The van der Waals surface area contributed by atoms with Crippen molar-refractivity contribution in [2.75, 3.05) is 13.2 Å². The summed E-state index contributed by atoms with van der Waals surface area (Å²) in [7, 11) is 0. The van der Waals surface area contributed by atoms with Gasteiger partial charge in [0.25, 0.3) is 0 Å². The van der Waals surface area contributed by atoms with Crippen LogP contribution in [0.1, 0.15) is 26.2 Å². The fourth-order valence-corrected chi connectivity index (χ4v) is 2.23. The molecule has 0 aromatic carbocycles. The lowest BCUT2D eigenvalue weighted by atomic mass is 9.93. The summed E-state index contributed by atoms with van der Waals surface area (Å²) in [5, 5.41) is 8.93. The molecule has 70 valence electrons. The Morgan fingerprint density at radius 2 is 2.33 bits per heavy atom. The lowest BCUT2D eigenvalue weighted by Crippen LogP contribution is -2.36. The van der Waals surface area contributed by atoms with Gasteiger partial charge >= 0.3 is 0 Å².